The number of halogens is 3. The number of carboxylic acids is 1. The number of hydrogen-bond acceptors (Lipinski definition) is 5. The molecule has 9 heteroatoms. The highest BCUT2D eigenvalue weighted by molar-refractivity contribution is 6.32. The van der Waals surface area contributed by atoms with Gasteiger partial charge >= 0.3 is 6.61 Å². The van der Waals surface area contributed by atoms with Gasteiger partial charge in [0.05, 0.1) is 11.0 Å². The van der Waals surface area contributed by atoms with Gasteiger partial charge in [-0.3, -0.25) is 0 Å². The van der Waals surface area contributed by atoms with Gasteiger partial charge in [-0.25, -0.2) is 0 Å². The van der Waals surface area contributed by atoms with Gasteiger partial charge in [0, 0.05) is 5.57 Å². The Morgan fingerprint density at radius 1 is 1.62 bits per heavy atom. The smallest absolute Gasteiger partial charge is 0.387 e. The molecule has 1 aromatic rings. The van der Waals surface area contributed by atoms with E-state index in [1.165, 1.54) is 25.1 Å². The van der Waals surface area contributed by atoms with Crippen molar-refractivity contribution in [1.82, 2.24) is 4.91 Å². The maximum absolute atomic E-state index is 12.2. The Kier molecular flexibility index (Phi) is 5.95. The minimum atomic E-state index is -3.01. The highest BCUT2D eigenvalue weighted by atomic mass is 35.5. The second-order valence-electron chi connectivity index (χ2n) is 3.88. The van der Waals surface area contributed by atoms with Gasteiger partial charge in [0.25, 0.3) is 0 Å². The van der Waals surface area contributed by atoms with E-state index in [1.807, 2.05) is 0 Å². The number of hydrogen-bond donors (Lipinski definition) is 1. The van der Waals surface area contributed by atoms with Crippen LogP contribution in [0.15, 0.2) is 22.8 Å². The molecule has 0 fully saturated rings. The van der Waals surface area contributed by atoms with Crippen molar-refractivity contribution in [1.29, 1.82) is 5.53 Å². The van der Waals surface area contributed by atoms with Crippen LogP contribution in [0.25, 0.3) is 6.08 Å². The van der Waals surface area contributed by atoms with Gasteiger partial charge in [0.1, 0.15) is 22.9 Å². The Morgan fingerprint density at radius 2 is 2.29 bits per heavy atom. The van der Waals surface area contributed by atoms with Crippen molar-refractivity contribution < 1.29 is 23.4 Å². The first-order valence-corrected chi connectivity index (χ1v) is 5.93. The van der Waals surface area contributed by atoms with Crippen molar-refractivity contribution in [3.05, 3.63) is 33.9 Å². The molecule has 1 N–H and O–H groups in total. The number of rotatable bonds is 6. The highest BCUT2D eigenvalue weighted by Crippen LogP contribution is 2.32. The van der Waals surface area contributed by atoms with Gasteiger partial charge in [0.15, 0.2) is 0 Å². The highest BCUT2D eigenvalue weighted by Gasteiger charge is 2.13. The van der Waals surface area contributed by atoms with Crippen LogP contribution in [-0.2, 0) is 4.79 Å². The Balaban J connectivity index is 3.19. The van der Waals surface area contributed by atoms with Gasteiger partial charge in [-0.2, -0.15) is 8.78 Å². The van der Waals surface area contributed by atoms with Crippen molar-refractivity contribution in [2.24, 2.45) is 5.11 Å². The molecule has 21 heavy (non-hydrogen) atoms. The fraction of sp³-hybridized carbons (Fsp3) is 0.250. The second-order valence-corrected chi connectivity index (χ2v) is 4.29. The fourth-order valence-electron chi connectivity index (χ4n) is 1.56. The first kappa shape index (κ1) is 16.7. The van der Waals surface area contributed by atoms with Gasteiger partial charge in [-0.05, 0) is 36.3 Å². The van der Waals surface area contributed by atoms with E-state index in [0.717, 1.165) is 0 Å². The lowest BCUT2D eigenvalue weighted by Crippen LogP contribution is -2.25. The molecule has 0 saturated carbocycles. The average Bonchev–Trinajstić information content (AvgIpc) is 2.38. The third kappa shape index (κ3) is 4.94. The van der Waals surface area contributed by atoms with Crippen LogP contribution in [0.5, 0.6) is 5.75 Å². The van der Waals surface area contributed by atoms with Gasteiger partial charge in [0.2, 0.25) is 4.91 Å². The molecule has 1 rings (SSSR count). The Bertz CT molecular complexity index is 605. The normalized spacial score (nSPS) is 11.2. The number of nitrogens with zero attached hydrogens (tertiary/aromatic N) is 2. The Morgan fingerprint density at radius 3 is 2.76 bits per heavy atom. The van der Waals surface area contributed by atoms with Crippen LogP contribution in [0.3, 0.4) is 0 Å². The van der Waals surface area contributed by atoms with E-state index in [9.17, 15) is 18.7 Å². The predicted octanol–water partition coefficient (Wildman–Crippen LogP) is 1.93. The quantitative estimate of drug-likeness (QED) is 0.493. The van der Waals surface area contributed by atoms with E-state index in [0.29, 0.717) is 11.1 Å². The van der Waals surface area contributed by atoms with Gasteiger partial charge in [-0.1, -0.05) is 11.6 Å². The van der Waals surface area contributed by atoms with Crippen LogP contribution >= 0.6 is 11.6 Å². The number of nitrogens with one attached hydrogen (secondary N) is 1. The molecule has 0 heterocycles. The summed E-state index contributed by atoms with van der Waals surface area (Å²) in [4.78, 5) is 13.6. The average molecular weight is 318 g/mol. The van der Waals surface area contributed by atoms with Crippen molar-refractivity contribution in [2.75, 3.05) is 6.54 Å². The van der Waals surface area contributed by atoms with Crippen molar-refractivity contribution >= 4 is 23.6 Å². The van der Waals surface area contributed by atoms with E-state index >= 15 is 0 Å². The lowest BCUT2D eigenvalue weighted by Gasteiger charge is -2.11. The molecule has 0 aliphatic rings. The second kappa shape index (κ2) is 7.47. The minimum absolute atomic E-state index is 0.0821. The summed E-state index contributed by atoms with van der Waals surface area (Å²) in [5, 5.41) is 14.0. The number of carboxylic acid groups (broad SMARTS) is 1. The van der Waals surface area contributed by atoms with Gasteiger partial charge < -0.3 is 14.6 Å². The zero-order chi connectivity index (χ0) is 16.0. The first-order chi connectivity index (χ1) is 9.85. The molecule has 0 aliphatic carbocycles. The number of aliphatic carboxylic acids is 1. The summed E-state index contributed by atoms with van der Waals surface area (Å²) < 4.78 is 28.7. The molecule has 1 aromatic carbocycles. The van der Waals surface area contributed by atoms with Crippen molar-refractivity contribution in [2.45, 2.75) is 13.5 Å². The molecule has 0 aliphatic heterocycles. The summed E-state index contributed by atoms with van der Waals surface area (Å²) in [6, 6.07) is 2.69. The van der Waals surface area contributed by atoms with Crippen molar-refractivity contribution in [3.8, 4) is 5.75 Å². The molecule has 0 atom stereocenters. The maximum atomic E-state index is 12.2. The van der Waals surface area contributed by atoms with Crippen LogP contribution in [0.1, 0.15) is 11.1 Å². The fourth-order valence-corrected chi connectivity index (χ4v) is 1.88. The van der Waals surface area contributed by atoms with Gasteiger partial charge in [-0.15, -0.1) is 0 Å². The summed E-state index contributed by atoms with van der Waals surface area (Å²) >= 11 is 5.82. The number of ether oxygens (including phenoxy) is 1. The summed E-state index contributed by atoms with van der Waals surface area (Å²) in [7, 11) is 0. The number of benzene rings is 1. The molecule has 0 bridgehead atoms. The van der Waals surface area contributed by atoms with Crippen LogP contribution in [0, 0.1) is 12.5 Å². The molecule has 6 nitrogen and oxygen atoms in total. The Labute approximate surface area is 123 Å². The molecule has 112 valence electrons. The number of carbonyl (C=O) groups is 1. The standard InChI is InChI=1S/C12H10ClF2N3O3/c1-6-2-7(3-8(11(19)20)5-17-18-16)4-9(13)10(6)21-12(14)15/h2-4,12,16H,5H2,1H3. The van der Waals surface area contributed by atoms with E-state index in [-0.39, 0.29) is 22.9 Å². The van der Waals surface area contributed by atoms with Crippen LogP contribution in [-0.4, -0.2) is 19.1 Å². The molecule has 0 unspecified atom stereocenters. The maximum Gasteiger partial charge on any atom is 0.387 e. The Hall–Kier alpha value is -2.31. The van der Waals surface area contributed by atoms with E-state index < -0.39 is 12.6 Å². The minimum Gasteiger partial charge on any atom is -0.545 e. The number of aryl methyl sites for hydroxylation is 1. The van der Waals surface area contributed by atoms with Crippen LogP contribution < -0.4 is 14.8 Å². The third-order valence-electron chi connectivity index (χ3n) is 2.37. The molecular weight excluding hydrogens is 308 g/mol. The molecular formula is C12H10ClF2N3O3. The lowest BCUT2D eigenvalue weighted by molar-refractivity contribution is -0.299. The molecule has 0 amide bonds. The topological polar surface area (TPSA) is 99.7 Å². The summed E-state index contributed by atoms with van der Waals surface area (Å²) in [6.07, 6.45) is 1.20. The summed E-state index contributed by atoms with van der Waals surface area (Å²) in [5.41, 5.74) is 6.91. The van der Waals surface area contributed by atoms with E-state index in [4.69, 9.17) is 17.1 Å². The third-order valence-corrected chi connectivity index (χ3v) is 2.65. The first-order valence-electron chi connectivity index (χ1n) is 5.55. The predicted molar refractivity (Wildman–Crippen MR) is 68.0 cm³/mol. The van der Waals surface area contributed by atoms with E-state index in [2.05, 4.69) is 14.8 Å². The van der Waals surface area contributed by atoms with Crippen LogP contribution in [0.2, 0.25) is 5.02 Å². The summed E-state index contributed by atoms with van der Waals surface area (Å²) in [5.74, 6) is -1.66. The van der Waals surface area contributed by atoms with Crippen LogP contribution in [0.4, 0.5) is 8.78 Å². The van der Waals surface area contributed by atoms with E-state index in [1.54, 1.807) is 0 Å². The molecule has 0 spiro atoms. The monoisotopic (exact) mass is 317 g/mol. The largest absolute Gasteiger partial charge is 0.545 e. The molecule has 0 radical (unpaired) electrons. The van der Waals surface area contributed by atoms with Crippen molar-refractivity contribution in [3.63, 3.8) is 0 Å². The lowest BCUT2D eigenvalue weighted by atomic mass is 10.1. The summed E-state index contributed by atoms with van der Waals surface area (Å²) in [6.45, 7) is -1.88. The SMILES string of the molecule is Cc1cc(C=C(CN=[N+]=N)C(=O)[O-])cc(Cl)c1OC(F)F. The number of alkyl halides is 2. The zero-order valence-corrected chi connectivity index (χ0v) is 11.5. The molecule has 0 saturated heterocycles. The number of carbonyl (C=O) groups excluding carboxylic acids is 1. The zero-order valence-electron chi connectivity index (χ0n) is 10.8. The molecule has 0 aromatic heterocycles.